The number of aliphatic hydroxyl groups is 1. The maximum absolute atomic E-state index is 11.8. The van der Waals surface area contributed by atoms with Gasteiger partial charge in [0.25, 0.3) is 0 Å². The van der Waals surface area contributed by atoms with E-state index in [0.717, 1.165) is 18.1 Å². The van der Waals surface area contributed by atoms with Gasteiger partial charge in [-0.15, -0.1) is 0 Å². The van der Waals surface area contributed by atoms with E-state index in [4.69, 9.17) is 4.42 Å². The van der Waals surface area contributed by atoms with E-state index in [2.05, 4.69) is 5.32 Å². The van der Waals surface area contributed by atoms with Crippen LogP contribution in [0.2, 0.25) is 0 Å². The molecule has 2 N–H and O–H groups in total. The van der Waals surface area contributed by atoms with Crippen molar-refractivity contribution in [3.63, 3.8) is 0 Å². The van der Waals surface area contributed by atoms with Crippen LogP contribution in [0.5, 0.6) is 0 Å². The molecule has 0 bridgehead atoms. The van der Waals surface area contributed by atoms with Crippen molar-refractivity contribution in [3.05, 3.63) is 24.2 Å². The van der Waals surface area contributed by atoms with Gasteiger partial charge in [-0.1, -0.05) is 25.7 Å². The highest BCUT2D eigenvalue weighted by atomic mass is 16.3. The number of hydrogen-bond acceptors (Lipinski definition) is 3. The van der Waals surface area contributed by atoms with E-state index >= 15 is 0 Å². The van der Waals surface area contributed by atoms with Crippen LogP contribution in [0.3, 0.4) is 0 Å². The zero-order valence-corrected chi connectivity index (χ0v) is 12.2. The predicted molar refractivity (Wildman–Crippen MR) is 77.2 cm³/mol. The number of rotatable bonds is 7. The fourth-order valence-corrected chi connectivity index (χ4v) is 2.86. The van der Waals surface area contributed by atoms with Crippen molar-refractivity contribution in [3.8, 4) is 0 Å². The van der Waals surface area contributed by atoms with Crippen molar-refractivity contribution in [1.29, 1.82) is 0 Å². The van der Waals surface area contributed by atoms with Crippen LogP contribution in [0, 0.1) is 5.92 Å². The summed E-state index contributed by atoms with van der Waals surface area (Å²) < 4.78 is 5.22. The van der Waals surface area contributed by atoms with E-state index in [1.165, 1.54) is 25.7 Å². The van der Waals surface area contributed by atoms with Gasteiger partial charge in [-0.2, -0.15) is 0 Å². The van der Waals surface area contributed by atoms with Crippen molar-refractivity contribution >= 4 is 5.91 Å². The molecular weight excluding hydrogens is 254 g/mol. The Kier molecular flexibility index (Phi) is 5.24. The summed E-state index contributed by atoms with van der Waals surface area (Å²) in [6.45, 7) is 1.98. The molecule has 0 radical (unpaired) electrons. The molecule has 1 aromatic heterocycles. The van der Waals surface area contributed by atoms with Gasteiger partial charge in [0.2, 0.25) is 5.91 Å². The Balaban J connectivity index is 1.66. The van der Waals surface area contributed by atoms with Crippen LogP contribution in [0.15, 0.2) is 22.8 Å². The third kappa shape index (κ3) is 5.00. The first-order valence-corrected chi connectivity index (χ1v) is 7.57. The second-order valence-corrected chi connectivity index (χ2v) is 6.22. The number of amides is 1. The van der Waals surface area contributed by atoms with Crippen molar-refractivity contribution in [2.75, 3.05) is 6.54 Å². The molecule has 1 fully saturated rings. The fourth-order valence-electron chi connectivity index (χ4n) is 2.86. The van der Waals surface area contributed by atoms with Gasteiger partial charge in [-0.3, -0.25) is 4.79 Å². The minimum Gasteiger partial charge on any atom is -0.469 e. The van der Waals surface area contributed by atoms with E-state index in [1.54, 1.807) is 19.3 Å². The summed E-state index contributed by atoms with van der Waals surface area (Å²) in [6, 6.07) is 3.63. The molecule has 4 heteroatoms. The molecule has 112 valence electrons. The van der Waals surface area contributed by atoms with Gasteiger partial charge in [-0.25, -0.2) is 0 Å². The van der Waals surface area contributed by atoms with Crippen LogP contribution < -0.4 is 5.32 Å². The van der Waals surface area contributed by atoms with Crippen molar-refractivity contribution in [1.82, 2.24) is 5.32 Å². The molecule has 0 saturated heterocycles. The summed E-state index contributed by atoms with van der Waals surface area (Å²) in [7, 11) is 0. The quantitative estimate of drug-likeness (QED) is 0.806. The Morgan fingerprint density at radius 2 is 2.25 bits per heavy atom. The van der Waals surface area contributed by atoms with Crippen LogP contribution >= 0.6 is 0 Å². The molecule has 1 saturated carbocycles. The number of furan rings is 1. The second-order valence-electron chi connectivity index (χ2n) is 6.22. The highest BCUT2D eigenvalue weighted by Gasteiger charge is 2.23. The maximum Gasteiger partial charge on any atom is 0.220 e. The number of carbonyl (C=O) groups excluding carboxylic acids is 1. The van der Waals surface area contributed by atoms with Crippen LogP contribution in [-0.2, 0) is 11.2 Å². The zero-order chi connectivity index (χ0) is 14.4. The molecule has 1 amide bonds. The third-order valence-electron chi connectivity index (χ3n) is 4.06. The van der Waals surface area contributed by atoms with Gasteiger partial charge < -0.3 is 14.8 Å². The molecule has 1 atom stereocenters. The molecule has 1 unspecified atom stereocenters. The smallest absolute Gasteiger partial charge is 0.220 e. The van der Waals surface area contributed by atoms with Gasteiger partial charge >= 0.3 is 0 Å². The zero-order valence-electron chi connectivity index (χ0n) is 12.2. The topological polar surface area (TPSA) is 62.5 Å². The normalized spacial score (nSPS) is 18.9. The molecule has 0 spiro atoms. The van der Waals surface area contributed by atoms with Crippen LogP contribution in [-0.4, -0.2) is 23.2 Å². The first-order chi connectivity index (χ1) is 9.55. The Morgan fingerprint density at radius 1 is 1.50 bits per heavy atom. The number of carbonyl (C=O) groups is 1. The maximum atomic E-state index is 11.8. The Hall–Kier alpha value is -1.29. The monoisotopic (exact) mass is 279 g/mol. The Labute approximate surface area is 120 Å². The van der Waals surface area contributed by atoms with Gasteiger partial charge in [0.05, 0.1) is 11.9 Å². The molecular formula is C16H25NO3. The summed E-state index contributed by atoms with van der Waals surface area (Å²) in [4.78, 5) is 11.8. The van der Waals surface area contributed by atoms with Crippen LogP contribution in [0.25, 0.3) is 0 Å². The van der Waals surface area contributed by atoms with Crippen LogP contribution in [0.4, 0.5) is 0 Å². The third-order valence-corrected chi connectivity index (χ3v) is 4.06. The van der Waals surface area contributed by atoms with Crippen LogP contribution in [0.1, 0.15) is 51.2 Å². The highest BCUT2D eigenvalue weighted by Crippen LogP contribution is 2.28. The summed E-state index contributed by atoms with van der Waals surface area (Å²) in [5, 5.41) is 13.1. The van der Waals surface area contributed by atoms with E-state index in [9.17, 15) is 9.90 Å². The van der Waals surface area contributed by atoms with Crippen molar-refractivity contribution in [2.24, 2.45) is 5.92 Å². The van der Waals surface area contributed by atoms with Gasteiger partial charge in [0.1, 0.15) is 5.76 Å². The molecule has 1 aliphatic rings. The predicted octanol–water partition coefficient (Wildman–Crippen LogP) is 2.66. The van der Waals surface area contributed by atoms with E-state index in [-0.39, 0.29) is 12.5 Å². The summed E-state index contributed by atoms with van der Waals surface area (Å²) in [6.07, 6.45) is 8.70. The Bertz CT molecular complexity index is 405. The number of hydrogen-bond donors (Lipinski definition) is 2. The minimum atomic E-state index is -0.971. The average molecular weight is 279 g/mol. The lowest BCUT2D eigenvalue weighted by atomic mass is 9.99. The number of nitrogens with one attached hydrogen (secondary N) is 1. The summed E-state index contributed by atoms with van der Waals surface area (Å²) in [5.41, 5.74) is -0.971. The SMILES string of the molecule is CC(O)(CNC(=O)CCC1CCCC1)Cc1ccco1. The lowest BCUT2D eigenvalue weighted by Crippen LogP contribution is -2.42. The van der Waals surface area contributed by atoms with Gasteiger partial charge in [0.15, 0.2) is 0 Å². The molecule has 1 heterocycles. The summed E-state index contributed by atoms with van der Waals surface area (Å²) in [5.74, 6) is 1.50. The van der Waals surface area contributed by atoms with Crippen molar-refractivity contribution in [2.45, 2.75) is 57.5 Å². The fraction of sp³-hybridized carbons (Fsp3) is 0.688. The lowest BCUT2D eigenvalue weighted by molar-refractivity contribution is -0.122. The second kappa shape index (κ2) is 6.93. The Morgan fingerprint density at radius 3 is 2.90 bits per heavy atom. The molecule has 1 aromatic rings. The first kappa shape index (κ1) is 15.1. The van der Waals surface area contributed by atoms with E-state index < -0.39 is 5.60 Å². The molecule has 4 nitrogen and oxygen atoms in total. The first-order valence-electron chi connectivity index (χ1n) is 7.57. The van der Waals surface area contributed by atoms with Crippen molar-refractivity contribution < 1.29 is 14.3 Å². The average Bonchev–Trinajstić information content (AvgIpc) is 3.06. The van der Waals surface area contributed by atoms with E-state index in [0.29, 0.717) is 12.8 Å². The largest absolute Gasteiger partial charge is 0.469 e. The molecule has 1 aliphatic carbocycles. The standard InChI is InChI=1S/C16H25NO3/c1-16(19,11-14-7-4-10-20-14)12-17-15(18)9-8-13-5-2-3-6-13/h4,7,10,13,19H,2-3,5-6,8-9,11-12H2,1H3,(H,17,18). The molecule has 20 heavy (non-hydrogen) atoms. The van der Waals surface area contributed by atoms with E-state index in [1.807, 2.05) is 6.07 Å². The lowest BCUT2D eigenvalue weighted by Gasteiger charge is -2.22. The molecule has 0 aliphatic heterocycles. The molecule has 2 rings (SSSR count). The minimum absolute atomic E-state index is 0.0385. The highest BCUT2D eigenvalue weighted by molar-refractivity contribution is 5.75. The molecule has 0 aromatic carbocycles. The summed E-state index contributed by atoms with van der Waals surface area (Å²) >= 11 is 0. The van der Waals surface area contributed by atoms with Gasteiger partial charge in [0, 0.05) is 19.4 Å². The van der Waals surface area contributed by atoms with Gasteiger partial charge in [-0.05, 0) is 31.4 Å².